The maximum atomic E-state index is 12.7. The van der Waals surface area contributed by atoms with Crippen LogP contribution in [0.5, 0.6) is 0 Å². The van der Waals surface area contributed by atoms with Gasteiger partial charge < -0.3 is 18.9 Å². The largest absolute Gasteiger partial charge is 0.465 e. The number of amides is 1. The van der Waals surface area contributed by atoms with Crippen molar-refractivity contribution in [3.63, 3.8) is 0 Å². The van der Waals surface area contributed by atoms with Crippen LogP contribution >= 0.6 is 11.6 Å². The van der Waals surface area contributed by atoms with Crippen LogP contribution < -0.4 is 5.32 Å². The van der Waals surface area contributed by atoms with E-state index < -0.39 is 17.6 Å². The van der Waals surface area contributed by atoms with Gasteiger partial charge in [0.25, 0.3) is 0 Å². The minimum absolute atomic E-state index is 0.177. The van der Waals surface area contributed by atoms with Gasteiger partial charge in [0.05, 0.1) is 6.61 Å². The molecule has 3 aromatic carbocycles. The monoisotopic (exact) mass is 573 g/mol. The molecule has 0 saturated carbocycles. The summed E-state index contributed by atoms with van der Waals surface area (Å²) < 4.78 is 16.5. The fourth-order valence-electron chi connectivity index (χ4n) is 5.24. The topological polar surface area (TPSA) is 93.9 Å². The summed E-state index contributed by atoms with van der Waals surface area (Å²) in [6.45, 7) is 6.97. The predicted molar refractivity (Wildman–Crippen MR) is 158 cm³/mol. The van der Waals surface area contributed by atoms with Gasteiger partial charge in [-0.2, -0.15) is 0 Å². The number of nitrogens with one attached hydrogen (secondary N) is 1. The highest BCUT2D eigenvalue weighted by Gasteiger charge is 2.50. The van der Waals surface area contributed by atoms with Crippen molar-refractivity contribution in [2.45, 2.75) is 32.3 Å². The van der Waals surface area contributed by atoms with Gasteiger partial charge >= 0.3 is 12.1 Å². The molecule has 1 unspecified atom stereocenters. The summed E-state index contributed by atoms with van der Waals surface area (Å²) in [5, 5.41) is 7.35. The summed E-state index contributed by atoms with van der Waals surface area (Å²) in [7, 11) is 1.99. The van der Waals surface area contributed by atoms with Gasteiger partial charge in [-0.15, -0.1) is 0 Å². The third-order valence-corrected chi connectivity index (χ3v) is 7.72. The van der Waals surface area contributed by atoms with E-state index in [1.54, 1.807) is 19.9 Å². The molecule has 1 aromatic heterocycles. The van der Waals surface area contributed by atoms with Crippen LogP contribution in [0.15, 0.2) is 77.3 Å². The highest BCUT2D eigenvalue weighted by molar-refractivity contribution is 6.31. The van der Waals surface area contributed by atoms with Crippen LogP contribution in [0.4, 0.5) is 10.5 Å². The number of aryl methyl sites for hydroxylation is 1. The Morgan fingerprint density at radius 1 is 1.02 bits per heavy atom. The van der Waals surface area contributed by atoms with Crippen LogP contribution in [0.25, 0.3) is 22.5 Å². The molecule has 1 aliphatic rings. The molecule has 1 fully saturated rings. The predicted octanol–water partition coefficient (Wildman–Crippen LogP) is 7.03. The maximum absolute atomic E-state index is 12.7. The zero-order valence-electron chi connectivity index (χ0n) is 23.4. The van der Waals surface area contributed by atoms with E-state index in [1.165, 1.54) is 0 Å². The Labute approximate surface area is 244 Å². The SMILES string of the molecule is CCOC(=O)C1(c2ccc(-c3ccc(-c4onc(C)c4NC(=O)OC(C)c4ccccc4Cl)cc3)cc2)CN(C)C1. The fraction of sp³-hybridized carbons (Fsp3) is 0.281. The quantitative estimate of drug-likeness (QED) is 0.226. The molecule has 2 heterocycles. The van der Waals surface area contributed by atoms with Crippen LogP contribution in [0, 0.1) is 6.92 Å². The lowest BCUT2D eigenvalue weighted by atomic mass is 9.73. The van der Waals surface area contributed by atoms with Crippen molar-refractivity contribution < 1.29 is 23.6 Å². The smallest absolute Gasteiger partial charge is 0.412 e. The second-order valence-electron chi connectivity index (χ2n) is 10.3. The lowest BCUT2D eigenvalue weighted by Crippen LogP contribution is -2.62. The molecular formula is C32H32ClN3O5. The molecule has 9 heteroatoms. The molecule has 212 valence electrons. The van der Waals surface area contributed by atoms with Crippen LogP contribution in [-0.2, 0) is 19.7 Å². The van der Waals surface area contributed by atoms with E-state index in [4.69, 9.17) is 25.6 Å². The Morgan fingerprint density at radius 3 is 2.24 bits per heavy atom. The van der Waals surface area contributed by atoms with Crippen LogP contribution in [-0.4, -0.2) is 48.9 Å². The van der Waals surface area contributed by atoms with Gasteiger partial charge in [-0.05, 0) is 50.6 Å². The second-order valence-corrected chi connectivity index (χ2v) is 10.7. The van der Waals surface area contributed by atoms with Gasteiger partial charge in [-0.1, -0.05) is 83.5 Å². The third-order valence-electron chi connectivity index (χ3n) is 7.38. The molecule has 0 aliphatic carbocycles. The normalized spacial score (nSPS) is 15.0. The zero-order valence-corrected chi connectivity index (χ0v) is 24.2. The Balaban J connectivity index is 1.30. The number of rotatable bonds is 8. The van der Waals surface area contributed by atoms with E-state index in [2.05, 4.69) is 15.4 Å². The highest BCUT2D eigenvalue weighted by atomic mass is 35.5. The maximum Gasteiger partial charge on any atom is 0.412 e. The molecular weight excluding hydrogens is 542 g/mol. The van der Waals surface area contributed by atoms with E-state index in [9.17, 15) is 9.59 Å². The molecule has 8 nitrogen and oxygen atoms in total. The molecule has 1 N–H and O–H groups in total. The average Bonchev–Trinajstić information content (AvgIpc) is 3.31. The minimum atomic E-state index is -0.639. The lowest BCUT2D eigenvalue weighted by molar-refractivity contribution is -0.157. The van der Waals surface area contributed by atoms with Crippen LogP contribution in [0.1, 0.15) is 36.8 Å². The number of nitrogens with zero attached hydrogens (tertiary/aromatic N) is 2. The van der Waals surface area contributed by atoms with Gasteiger partial charge in [0.15, 0.2) is 5.76 Å². The van der Waals surface area contributed by atoms with Gasteiger partial charge in [0, 0.05) is 29.2 Å². The number of ether oxygens (including phenoxy) is 2. The summed E-state index contributed by atoms with van der Waals surface area (Å²) in [5.74, 6) is 0.251. The third kappa shape index (κ3) is 5.71. The number of carbonyl (C=O) groups is 2. The number of likely N-dealkylation sites (N-methyl/N-ethyl adjacent to an activating group) is 1. The lowest BCUT2D eigenvalue weighted by Gasteiger charge is -2.46. The minimum Gasteiger partial charge on any atom is -0.465 e. The van der Waals surface area contributed by atoms with Gasteiger partial charge in [-0.3, -0.25) is 10.1 Å². The first-order valence-corrected chi connectivity index (χ1v) is 13.8. The Hall–Kier alpha value is -4.14. The Kier molecular flexibility index (Phi) is 8.15. The number of likely N-dealkylation sites (tertiary alicyclic amines) is 1. The highest BCUT2D eigenvalue weighted by Crippen LogP contribution is 2.37. The van der Waals surface area contributed by atoms with Crippen molar-refractivity contribution >= 4 is 29.4 Å². The van der Waals surface area contributed by atoms with E-state index in [1.807, 2.05) is 80.7 Å². The zero-order chi connectivity index (χ0) is 29.1. The van der Waals surface area contributed by atoms with Crippen LogP contribution in [0.3, 0.4) is 0 Å². The number of carbonyl (C=O) groups excluding carboxylic acids is 2. The Morgan fingerprint density at radius 2 is 1.63 bits per heavy atom. The van der Waals surface area contributed by atoms with Gasteiger partial charge in [-0.25, -0.2) is 4.79 Å². The summed E-state index contributed by atoms with van der Waals surface area (Å²) in [6, 6.07) is 23.0. The van der Waals surface area contributed by atoms with E-state index in [0.717, 1.165) is 22.3 Å². The summed E-state index contributed by atoms with van der Waals surface area (Å²) in [5.41, 5.74) is 4.77. The molecule has 0 spiro atoms. The fourth-order valence-corrected chi connectivity index (χ4v) is 5.53. The van der Waals surface area contributed by atoms with Crippen molar-refractivity contribution in [2.24, 2.45) is 0 Å². The molecule has 1 amide bonds. The van der Waals surface area contributed by atoms with Crippen molar-refractivity contribution in [1.29, 1.82) is 0 Å². The van der Waals surface area contributed by atoms with Crippen molar-refractivity contribution in [3.05, 3.63) is 94.6 Å². The summed E-state index contributed by atoms with van der Waals surface area (Å²) in [6.07, 6.45) is -1.18. The molecule has 5 rings (SSSR count). The number of halogens is 1. The summed E-state index contributed by atoms with van der Waals surface area (Å²) in [4.78, 5) is 27.6. The van der Waals surface area contributed by atoms with Gasteiger partial charge in [0.2, 0.25) is 0 Å². The first-order chi connectivity index (χ1) is 19.7. The van der Waals surface area contributed by atoms with Crippen molar-refractivity contribution in [3.8, 4) is 22.5 Å². The number of aromatic nitrogens is 1. The average molecular weight is 574 g/mol. The van der Waals surface area contributed by atoms with Gasteiger partial charge in [0.1, 0.15) is 22.9 Å². The number of benzene rings is 3. The molecule has 4 aromatic rings. The van der Waals surface area contributed by atoms with E-state index in [-0.39, 0.29) is 5.97 Å². The van der Waals surface area contributed by atoms with Crippen molar-refractivity contribution in [2.75, 3.05) is 32.1 Å². The number of hydrogen-bond acceptors (Lipinski definition) is 7. The second kappa shape index (κ2) is 11.8. The molecule has 0 radical (unpaired) electrons. The number of hydrogen-bond donors (Lipinski definition) is 1. The first-order valence-electron chi connectivity index (χ1n) is 13.5. The van der Waals surface area contributed by atoms with E-state index in [0.29, 0.717) is 47.4 Å². The van der Waals surface area contributed by atoms with Crippen molar-refractivity contribution in [1.82, 2.24) is 10.1 Å². The number of anilines is 1. The molecule has 41 heavy (non-hydrogen) atoms. The molecule has 0 bridgehead atoms. The Bertz CT molecular complexity index is 1540. The van der Waals surface area contributed by atoms with E-state index >= 15 is 0 Å². The molecule has 1 atom stereocenters. The molecule has 1 aliphatic heterocycles. The summed E-state index contributed by atoms with van der Waals surface area (Å²) >= 11 is 6.24. The standard InChI is InChI=1S/C32H32ClN3O5/c1-5-39-30(37)32(18-36(4)19-32)25-16-14-23(15-17-25)22-10-12-24(13-11-22)29-28(20(2)35-41-29)34-31(38)40-21(3)26-8-6-7-9-27(26)33/h6-17,21H,5,18-19H2,1-4H3,(H,34,38). The number of esters is 1. The molecule has 1 saturated heterocycles. The van der Waals surface area contributed by atoms with Crippen LogP contribution in [0.2, 0.25) is 5.02 Å². The first kappa shape index (κ1) is 28.4.